The summed E-state index contributed by atoms with van der Waals surface area (Å²) in [6.07, 6.45) is 1.29. The van der Waals surface area contributed by atoms with E-state index < -0.39 is 4.92 Å². The molecule has 0 atom stereocenters. The highest BCUT2D eigenvalue weighted by Crippen LogP contribution is 2.34. The van der Waals surface area contributed by atoms with Crippen molar-refractivity contribution in [3.05, 3.63) is 69.5 Å². The number of ether oxygens (including phenoxy) is 2. The third kappa shape index (κ3) is 3.88. The SMILES string of the molecule is Cc1ccc(Nc2ncnc(NCc3ccc4c(c3)OCO4)c2[N+](=O)[O-])cc1C. The lowest BCUT2D eigenvalue weighted by atomic mass is 10.1. The van der Waals surface area contributed by atoms with Crippen LogP contribution >= 0.6 is 0 Å². The summed E-state index contributed by atoms with van der Waals surface area (Å²) in [5, 5.41) is 17.8. The molecule has 0 fully saturated rings. The van der Waals surface area contributed by atoms with Crippen molar-refractivity contribution in [3.63, 3.8) is 0 Å². The van der Waals surface area contributed by atoms with E-state index >= 15 is 0 Å². The van der Waals surface area contributed by atoms with Gasteiger partial charge in [0.05, 0.1) is 4.92 Å². The predicted octanol–water partition coefficient (Wildman–Crippen LogP) is 4.09. The maximum absolute atomic E-state index is 11.7. The van der Waals surface area contributed by atoms with Gasteiger partial charge in [-0.1, -0.05) is 12.1 Å². The Balaban J connectivity index is 1.57. The Bertz CT molecular complexity index is 1090. The van der Waals surface area contributed by atoms with E-state index in [9.17, 15) is 10.1 Å². The summed E-state index contributed by atoms with van der Waals surface area (Å²) in [6, 6.07) is 11.2. The van der Waals surface area contributed by atoms with Gasteiger partial charge in [-0.05, 0) is 54.8 Å². The Morgan fingerprint density at radius 1 is 1.03 bits per heavy atom. The molecule has 0 radical (unpaired) electrons. The molecule has 4 rings (SSSR count). The molecule has 0 saturated heterocycles. The van der Waals surface area contributed by atoms with Crippen molar-refractivity contribution in [2.24, 2.45) is 0 Å². The number of benzene rings is 2. The molecule has 0 spiro atoms. The molecule has 0 amide bonds. The van der Waals surface area contributed by atoms with Gasteiger partial charge in [0.15, 0.2) is 11.5 Å². The highest BCUT2D eigenvalue weighted by atomic mass is 16.7. The van der Waals surface area contributed by atoms with Gasteiger partial charge in [-0.25, -0.2) is 9.97 Å². The second-order valence-electron chi connectivity index (χ2n) is 6.64. The number of anilines is 3. The van der Waals surface area contributed by atoms with Crippen LogP contribution in [0.25, 0.3) is 0 Å². The van der Waals surface area contributed by atoms with Gasteiger partial charge in [-0.15, -0.1) is 0 Å². The van der Waals surface area contributed by atoms with E-state index in [1.54, 1.807) is 6.07 Å². The minimum atomic E-state index is -0.495. The van der Waals surface area contributed by atoms with Gasteiger partial charge in [0, 0.05) is 12.2 Å². The van der Waals surface area contributed by atoms with Gasteiger partial charge in [0.1, 0.15) is 6.33 Å². The first kappa shape index (κ1) is 18.5. The maximum Gasteiger partial charge on any atom is 0.353 e. The molecule has 148 valence electrons. The number of rotatable bonds is 6. The number of fused-ring (bicyclic) bond motifs is 1. The normalized spacial score (nSPS) is 11.9. The van der Waals surface area contributed by atoms with Crippen molar-refractivity contribution in [2.45, 2.75) is 20.4 Å². The first-order valence-corrected chi connectivity index (χ1v) is 8.97. The second kappa shape index (κ2) is 7.63. The summed E-state index contributed by atoms with van der Waals surface area (Å²) in [6.45, 7) is 4.51. The van der Waals surface area contributed by atoms with Crippen molar-refractivity contribution < 1.29 is 14.4 Å². The average molecular weight is 393 g/mol. The van der Waals surface area contributed by atoms with Crippen LogP contribution < -0.4 is 20.1 Å². The van der Waals surface area contributed by atoms with E-state index in [2.05, 4.69) is 20.6 Å². The van der Waals surface area contributed by atoms with Crippen LogP contribution in [0.2, 0.25) is 0 Å². The van der Waals surface area contributed by atoms with Gasteiger partial charge >= 0.3 is 5.69 Å². The summed E-state index contributed by atoms with van der Waals surface area (Å²) >= 11 is 0. The Labute approximate surface area is 166 Å². The minimum absolute atomic E-state index is 0.126. The lowest BCUT2D eigenvalue weighted by molar-refractivity contribution is -0.383. The smallest absolute Gasteiger partial charge is 0.353 e. The average Bonchev–Trinajstić information content (AvgIpc) is 3.17. The Morgan fingerprint density at radius 3 is 2.62 bits per heavy atom. The molecule has 1 aliphatic heterocycles. The topological polar surface area (TPSA) is 111 Å². The zero-order chi connectivity index (χ0) is 20.4. The standard InChI is InChI=1S/C20H19N5O4/c1-12-3-5-15(7-13(12)2)24-20-18(25(26)27)19(22-10-23-20)21-9-14-4-6-16-17(8-14)29-11-28-16/h3-8,10H,9,11H2,1-2H3,(H2,21,22,23,24). The number of nitro groups is 1. The molecule has 0 aliphatic carbocycles. The minimum Gasteiger partial charge on any atom is -0.454 e. The third-order valence-electron chi connectivity index (χ3n) is 4.67. The predicted molar refractivity (Wildman–Crippen MR) is 108 cm³/mol. The van der Waals surface area contributed by atoms with Gasteiger partial charge in [-0.2, -0.15) is 0 Å². The summed E-state index contributed by atoms with van der Waals surface area (Å²) in [5.74, 6) is 1.59. The summed E-state index contributed by atoms with van der Waals surface area (Å²) in [7, 11) is 0. The van der Waals surface area contributed by atoms with E-state index in [0.717, 1.165) is 22.4 Å². The summed E-state index contributed by atoms with van der Waals surface area (Å²) in [4.78, 5) is 19.4. The van der Waals surface area contributed by atoms with Gasteiger partial charge < -0.3 is 20.1 Å². The number of hydrogen-bond donors (Lipinski definition) is 2. The molecule has 2 N–H and O–H groups in total. The highest BCUT2D eigenvalue weighted by Gasteiger charge is 2.23. The van der Waals surface area contributed by atoms with Gasteiger partial charge in [0.25, 0.3) is 0 Å². The molecule has 0 bridgehead atoms. The number of nitrogens with one attached hydrogen (secondary N) is 2. The maximum atomic E-state index is 11.7. The third-order valence-corrected chi connectivity index (χ3v) is 4.67. The molecule has 9 nitrogen and oxygen atoms in total. The first-order chi connectivity index (χ1) is 14.0. The van der Waals surface area contributed by atoms with Crippen LogP contribution in [0.1, 0.15) is 16.7 Å². The van der Waals surface area contributed by atoms with Crippen LogP contribution in [-0.4, -0.2) is 21.7 Å². The number of aromatic nitrogens is 2. The van der Waals surface area contributed by atoms with Crippen LogP contribution in [0.5, 0.6) is 11.5 Å². The highest BCUT2D eigenvalue weighted by molar-refractivity contribution is 5.74. The molecule has 9 heteroatoms. The molecule has 3 aromatic rings. The molecular formula is C20H19N5O4. The van der Waals surface area contributed by atoms with Gasteiger partial charge in [0.2, 0.25) is 18.4 Å². The zero-order valence-corrected chi connectivity index (χ0v) is 15.9. The van der Waals surface area contributed by atoms with E-state index in [1.807, 2.05) is 44.2 Å². The largest absolute Gasteiger partial charge is 0.454 e. The van der Waals surface area contributed by atoms with Crippen molar-refractivity contribution in [1.29, 1.82) is 0 Å². The fourth-order valence-corrected chi connectivity index (χ4v) is 2.97. The van der Waals surface area contributed by atoms with Crippen LogP contribution in [0.15, 0.2) is 42.7 Å². The fourth-order valence-electron chi connectivity index (χ4n) is 2.97. The molecule has 1 aliphatic rings. The number of hydrogen-bond acceptors (Lipinski definition) is 8. The fraction of sp³-hybridized carbons (Fsp3) is 0.200. The molecule has 0 unspecified atom stereocenters. The van der Waals surface area contributed by atoms with Crippen LogP contribution in [0.4, 0.5) is 23.0 Å². The lowest BCUT2D eigenvalue weighted by Gasteiger charge is -2.11. The van der Waals surface area contributed by atoms with Crippen molar-refractivity contribution in [1.82, 2.24) is 9.97 Å². The quantitative estimate of drug-likeness (QED) is 0.476. The van der Waals surface area contributed by atoms with Crippen molar-refractivity contribution in [3.8, 4) is 11.5 Å². The van der Waals surface area contributed by atoms with E-state index in [0.29, 0.717) is 18.0 Å². The van der Waals surface area contributed by atoms with Crippen LogP contribution in [0, 0.1) is 24.0 Å². The van der Waals surface area contributed by atoms with Crippen LogP contribution in [0.3, 0.4) is 0 Å². The molecule has 2 aromatic carbocycles. The first-order valence-electron chi connectivity index (χ1n) is 8.97. The summed E-state index contributed by atoms with van der Waals surface area (Å²) in [5.41, 5.74) is 3.60. The Kier molecular flexibility index (Phi) is 4.86. The molecule has 0 saturated carbocycles. The van der Waals surface area contributed by atoms with Crippen molar-refractivity contribution in [2.75, 3.05) is 17.4 Å². The lowest BCUT2D eigenvalue weighted by Crippen LogP contribution is -2.08. The van der Waals surface area contributed by atoms with Crippen molar-refractivity contribution >= 4 is 23.0 Å². The molecule has 2 heterocycles. The van der Waals surface area contributed by atoms with E-state index in [-0.39, 0.29) is 24.1 Å². The van der Waals surface area contributed by atoms with E-state index in [1.165, 1.54) is 6.33 Å². The molecule has 29 heavy (non-hydrogen) atoms. The number of aryl methyl sites for hydroxylation is 2. The van der Waals surface area contributed by atoms with Crippen LogP contribution in [-0.2, 0) is 6.54 Å². The zero-order valence-electron chi connectivity index (χ0n) is 15.9. The molecule has 1 aromatic heterocycles. The monoisotopic (exact) mass is 393 g/mol. The Morgan fingerprint density at radius 2 is 1.83 bits per heavy atom. The molecular weight excluding hydrogens is 374 g/mol. The van der Waals surface area contributed by atoms with E-state index in [4.69, 9.17) is 9.47 Å². The second-order valence-corrected chi connectivity index (χ2v) is 6.64. The number of nitrogens with zero attached hydrogens (tertiary/aromatic N) is 3. The summed E-state index contributed by atoms with van der Waals surface area (Å²) < 4.78 is 10.7. The Hall–Kier alpha value is -3.88. The van der Waals surface area contributed by atoms with Gasteiger partial charge in [-0.3, -0.25) is 10.1 Å².